The number of amides is 1. The summed E-state index contributed by atoms with van der Waals surface area (Å²) in [5.74, 6) is 0.431. The van der Waals surface area contributed by atoms with Gasteiger partial charge in [0.1, 0.15) is 5.69 Å². The number of carbonyl (C=O) groups is 1. The number of aromatic nitrogens is 2. The van der Waals surface area contributed by atoms with Gasteiger partial charge < -0.3 is 19.2 Å². The van der Waals surface area contributed by atoms with E-state index in [9.17, 15) is 4.79 Å². The SMILES string of the molecule is Cc1noc2nc(-c3ccco3)cc(C(=O)NCCCCN3CCN(c4ccccc4)CC3)c12. The fourth-order valence-corrected chi connectivity index (χ4v) is 4.45. The van der Waals surface area contributed by atoms with Crippen LogP contribution >= 0.6 is 0 Å². The van der Waals surface area contributed by atoms with E-state index in [1.165, 1.54) is 5.69 Å². The van der Waals surface area contributed by atoms with E-state index in [2.05, 4.69) is 55.6 Å². The van der Waals surface area contributed by atoms with Gasteiger partial charge in [-0.1, -0.05) is 23.4 Å². The van der Waals surface area contributed by atoms with Crippen molar-refractivity contribution >= 4 is 22.7 Å². The van der Waals surface area contributed by atoms with Gasteiger partial charge in [0.2, 0.25) is 0 Å². The zero-order valence-corrected chi connectivity index (χ0v) is 19.4. The largest absolute Gasteiger partial charge is 0.463 e. The lowest BCUT2D eigenvalue weighted by Crippen LogP contribution is -2.46. The van der Waals surface area contributed by atoms with E-state index < -0.39 is 0 Å². The molecule has 1 fully saturated rings. The molecule has 4 aromatic rings. The minimum Gasteiger partial charge on any atom is -0.463 e. The fraction of sp³-hybridized carbons (Fsp3) is 0.346. The third-order valence-corrected chi connectivity index (χ3v) is 6.32. The van der Waals surface area contributed by atoms with Crippen LogP contribution in [-0.4, -0.2) is 60.2 Å². The predicted molar refractivity (Wildman–Crippen MR) is 131 cm³/mol. The van der Waals surface area contributed by atoms with Gasteiger partial charge in [-0.05, 0) is 56.6 Å². The average molecular weight is 460 g/mol. The van der Waals surface area contributed by atoms with Gasteiger partial charge in [0.15, 0.2) is 5.76 Å². The molecule has 1 aliphatic heterocycles. The Kier molecular flexibility index (Phi) is 6.58. The number of anilines is 1. The minimum absolute atomic E-state index is 0.150. The van der Waals surface area contributed by atoms with Crippen LogP contribution < -0.4 is 10.2 Å². The van der Waals surface area contributed by atoms with Crippen LogP contribution in [0.2, 0.25) is 0 Å². The molecule has 0 saturated carbocycles. The zero-order valence-electron chi connectivity index (χ0n) is 19.4. The highest BCUT2D eigenvalue weighted by Gasteiger charge is 2.20. The monoisotopic (exact) mass is 459 g/mol. The van der Waals surface area contributed by atoms with Crippen molar-refractivity contribution in [1.29, 1.82) is 0 Å². The van der Waals surface area contributed by atoms with E-state index in [1.807, 2.05) is 6.92 Å². The molecule has 5 rings (SSSR count). The van der Waals surface area contributed by atoms with Gasteiger partial charge in [-0.3, -0.25) is 9.69 Å². The molecular weight excluding hydrogens is 430 g/mol. The van der Waals surface area contributed by atoms with Crippen molar-refractivity contribution in [3.05, 3.63) is 66.1 Å². The molecule has 176 valence electrons. The van der Waals surface area contributed by atoms with Crippen LogP contribution in [0.1, 0.15) is 28.9 Å². The number of hydrogen-bond donors (Lipinski definition) is 1. The topological polar surface area (TPSA) is 87.6 Å². The first-order valence-corrected chi connectivity index (χ1v) is 11.8. The summed E-state index contributed by atoms with van der Waals surface area (Å²) >= 11 is 0. The summed E-state index contributed by atoms with van der Waals surface area (Å²) in [6.07, 6.45) is 3.54. The standard InChI is InChI=1S/C26H29N5O3/c1-19-24-21(18-22(23-10-7-17-33-23)28-26(24)34-29-19)25(32)27-11-5-6-12-30-13-15-31(16-14-30)20-8-3-2-4-9-20/h2-4,7-10,17-18H,5-6,11-16H2,1H3,(H,27,32). The van der Waals surface area contributed by atoms with Gasteiger partial charge in [-0.15, -0.1) is 0 Å². The van der Waals surface area contributed by atoms with E-state index >= 15 is 0 Å². The number of carbonyl (C=O) groups excluding carboxylic acids is 1. The number of nitrogens with zero attached hydrogens (tertiary/aromatic N) is 4. The first-order chi connectivity index (χ1) is 16.7. The van der Waals surface area contributed by atoms with Crippen molar-refractivity contribution < 1.29 is 13.7 Å². The molecule has 1 amide bonds. The summed E-state index contributed by atoms with van der Waals surface area (Å²) in [5.41, 5.74) is 3.34. The summed E-state index contributed by atoms with van der Waals surface area (Å²) in [5, 5.41) is 7.69. The van der Waals surface area contributed by atoms with Crippen LogP contribution in [-0.2, 0) is 0 Å². The zero-order chi connectivity index (χ0) is 23.3. The molecule has 0 atom stereocenters. The first kappa shape index (κ1) is 22.2. The number of fused-ring (bicyclic) bond motifs is 1. The van der Waals surface area contributed by atoms with Gasteiger partial charge in [0, 0.05) is 38.4 Å². The first-order valence-electron chi connectivity index (χ1n) is 11.8. The number of nitrogens with one attached hydrogen (secondary N) is 1. The van der Waals surface area contributed by atoms with Crippen LogP contribution in [0.5, 0.6) is 0 Å². The van der Waals surface area contributed by atoms with Crippen LogP contribution in [0.15, 0.2) is 63.7 Å². The lowest BCUT2D eigenvalue weighted by molar-refractivity contribution is 0.0954. The molecule has 0 unspecified atom stereocenters. The van der Waals surface area contributed by atoms with Crippen molar-refractivity contribution in [2.24, 2.45) is 0 Å². The smallest absolute Gasteiger partial charge is 0.259 e. The Bertz CT molecular complexity index is 1230. The highest BCUT2D eigenvalue weighted by atomic mass is 16.5. The van der Waals surface area contributed by atoms with Crippen molar-refractivity contribution in [3.8, 4) is 11.5 Å². The lowest BCUT2D eigenvalue weighted by atomic mass is 10.1. The maximum absolute atomic E-state index is 13.0. The second kappa shape index (κ2) is 10.1. The number of hydrogen-bond acceptors (Lipinski definition) is 7. The second-order valence-electron chi connectivity index (χ2n) is 8.61. The maximum atomic E-state index is 13.0. The molecule has 1 aliphatic rings. The summed E-state index contributed by atoms with van der Waals surface area (Å²) < 4.78 is 10.8. The molecule has 0 radical (unpaired) electrons. The molecule has 3 aromatic heterocycles. The van der Waals surface area contributed by atoms with E-state index in [0.29, 0.717) is 40.4 Å². The molecule has 1 saturated heterocycles. The molecule has 0 bridgehead atoms. The van der Waals surface area contributed by atoms with Crippen molar-refractivity contribution in [2.45, 2.75) is 19.8 Å². The van der Waals surface area contributed by atoms with E-state index in [1.54, 1.807) is 24.5 Å². The molecule has 8 nitrogen and oxygen atoms in total. The highest BCUT2D eigenvalue weighted by molar-refractivity contribution is 6.06. The molecule has 8 heteroatoms. The van der Waals surface area contributed by atoms with Gasteiger partial charge in [0.05, 0.1) is 22.9 Å². The number of pyridine rings is 1. The van der Waals surface area contributed by atoms with Crippen molar-refractivity contribution in [3.63, 3.8) is 0 Å². The number of benzene rings is 1. The summed E-state index contributed by atoms with van der Waals surface area (Å²) in [6, 6.07) is 15.9. The Hall–Kier alpha value is -3.65. The van der Waals surface area contributed by atoms with Gasteiger partial charge in [-0.2, -0.15) is 0 Å². The normalized spacial score (nSPS) is 14.6. The van der Waals surface area contributed by atoms with Crippen molar-refractivity contribution in [1.82, 2.24) is 20.4 Å². The Balaban J connectivity index is 1.11. The molecule has 34 heavy (non-hydrogen) atoms. The maximum Gasteiger partial charge on any atom is 0.259 e. The Morgan fingerprint density at radius 3 is 2.65 bits per heavy atom. The third kappa shape index (κ3) is 4.82. The summed E-state index contributed by atoms with van der Waals surface area (Å²) in [7, 11) is 0. The molecule has 0 aliphatic carbocycles. The van der Waals surface area contributed by atoms with E-state index in [-0.39, 0.29) is 5.91 Å². The number of para-hydroxylation sites is 1. The average Bonchev–Trinajstić information content (AvgIpc) is 3.55. The number of furan rings is 1. The van der Waals surface area contributed by atoms with Gasteiger partial charge >= 0.3 is 0 Å². The Morgan fingerprint density at radius 2 is 1.88 bits per heavy atom. The summed E-state index contributed by atoms with van der Waals surface area (Å²) in [6.45, 7) is 7.72. The quantitative estimate of drug-likeness (QED) is 0.397. The Morgan fingerprint density at radius 1 is 1.06 bits per heavy atom. The highest BCUT2D eigenvalue weighted by Crippen LogP contribution is 2.27. The molecule has 0 spiro atoms. The van der Waals surface area contributed by atoms with Crippen LogP contribution in [0.3, 0.4) is 0 Å². The number of rotatable bonds is 8. The van der Waals surface area contributed by atoms with Gasteiger partial charge in [-0.25, -0.2) is 4.98 Å². The lowest BCUT2D eigenvalue weighted by Gasteiger charge is -2.36. The van der Waals surface area contributed by atoms with Crippen LogP contribution in [0.4, 0.5) is 5.69 Å². The number of piperazine rings is 1. The molecule has 1 aromatic carbocycles. The fourth-order valence-electron chi connectivity index (χ4n) is 4.45. The van der Waals surface area contributed by atoms with E-state index in [0.717, 1.165) is 45.6 Å². The van der Waals surface area contributed by atoms with Crippen LogP contribution in [0, 0.1) is 6.92 Å². The number of unbranched alkanes of at least 4 members (excludes halogenated alkanes) is 1. The minimum atomic E-state index is -0.150. The van der Waals surface area contributed by atoms with Gasteiger partial charge in [0.25, 0.3) is 11.6 Å². The van der Waals surface area contributed by atoms with Crippen molar-refractivity contribution in [2.75, 3.05) is 44.2 Å². The summed E-state index contributed by atoms with van der Waals surface area (Å²) in [4.78, 5) is 22.4. The molecule has 4 heterocycles. The molecular formula is C26H29N5O3. The number of aryl methyl sites for hydroxylation is 1. The van der Waals surface area contributed by atoms with E-state index in [4.69, 9.17) is 8.94 Å². The third-order valence-electron chi connectivity index (χ3n) is 6.32. The van der Waals surface area contributed by atoms with Crippen LogP contribution in [0.25, 0.3) is 22.6 Å². The second-order valence-corrected chi connectivity index (χ2v) is 8.61. The molecule has 1 N–H and O–H groups in total. The Labute approximate surface area is 198 Å². The predicted octanol–water partition coefficient (Wildman–Crippen LogP) is 4.12.